The first-order valence-corrected chi connectivity index (χ1v) is 7.08. The lowest BCUT2D eigenvalue weighted by Crippen LogP contribution is -2.31. The Morgan fingerprint density at radius 3 is 2.39 bits per heavy atom. The Hall–Kier alpha value is -1.06. The molecule has 1 aromatic carbocycles. The summed E-state index contributed by atoms with van der Waals surface area (Å²) in [7, 11) is 0. The third kappa shape index (κ3) is 2.85. The van der Waals surface area contributed by atoms with E-state index in [9.17, 15) is 0 Å². The van der Waals surface area contributed by atoms with Crippen molar-refractivity contribution in [2.75, 3.05) is 0 Å². The first-order valence-electron chi connectivity index (χ1n) is 7.08. The summed E-state index contributed by atoms with van der Waals surface area (Å²) in [5.41, 5.74) is 4.22. The van der Waals surface area contributed by atoms with Gasteiger partial charge in [-0.05, 0) is 42.9 Å². The maximum absolute atomic E-state index is 5.76. The van der Waals surface area contributed by atoms with Gasteiger partial charge in [0.25, 0.3) is 0 Å². The lowest BCUT2D eigenvalue weighted by molar-refractivity contribution is 0.261. The van der Waals surface area contributed by atoms with Crippen molar-refractivity contribution in [2.45, 2.75) is 50.7 Å². The molecule has 2 aliphatic carbocycles. The molecule has 1 aromatic rings. The molecule has 0 radical (unpaired) electrons. The van der Waals surface area contributed by atoms with E-state index < -0.39 is 0 Å². The Morgan fingerprint density at radius 1 is 1.17 bits per heavy atom. The molecule has 3 nitrogen and oxygen atoms in total. The molecule has 1 unspecified atom stereocenters. The lowest BCUT2D eigenvalue weighted by Gasteiger charge is -2.29. The van der Waals surface area contributed by atoms with Crippen LogP contribution in [0, 0.1) is 5.92 Å². The summed E-state index contributed by atoms with van der Waals surface area (Å²) in [4.78, 5) is 0. The molecule has 2 aliphatic rings. The van der Waals surface area contributed by atoms with Crippen LogP contribution in [0.1, 0.15) is 50.1 Å². The van der Waals surface area contributed by atoms with E-state index in [1.165, 1.54) is 37.7 Å². The van der Waals surface area contributed by atoms with E-state index in [-0.39, 0.29) is 6.04 Å². The average molecular weight is 246 g/mol. The van der Waals surface area contributed by atoms with Gasteiger partial charge < -0.3 is 4.74 Å². The molecular weight excluding hydrogens is 224 g/mol. The zero-order valence-corrected chi connectivity index (χ0v) is 10.8. The van der Waals surface area contributed by atoms with Crippen molar-refractivity contribution in [3.05, 3.63) is 29.8 Å². The second kappa shape index (κ2) is 5.29. The van der Waals surface area contributed by atoms with Gasteiger partial charge in [0.2, 0.25) is 0 Å². The van der Waals surface area contributed by atoms with Crippen molar-refractivity contribution in [1.82, 2.24) is 5.43 Å². The highest BCUT2D eigenvalue weighted by atomic mass is 16.5. The smallest absolute Gasteiger partial charge is 0.119 e. The van der Waals surface area contributed by atoms with E-state index in [2.05, 4.69) is 29.7 Å². The zero-order valence-electron chi connectivity index (χ0n) is 10.8. The van der Waals surface area contributed by atoms with Gasteiger partial charge in [-0.2, -0.15) is 0 Å². The van der Waals surface area contributed by atoms with E-state index in [4.69, 9.17) is 10.6 Å². The second-order valence-corrected chi connectivity index (χ2v) is 5.64. The lowest BCUT2D eigenvalue weighted by atomic mass is 9.80. The molecule has 0 heterocycles. The minimum absolute atomic E-state index is 0.283. The number of hydrogen-bond acceptors (Lipinski definition) is 3. The van der Waals surface area contributed by atoms with Crippen molar-refractivity contribution in [1.29, 1.82) is 0 Å². The highest BCUT2D eigenvalue weighted by Gasteiger charge is 2.24. The maximum atomic E-state index is 5.76. The van der Waals surface area contributed by atoms with Crippen LogP contribution in [-0.4, -0.2) is 6.10 Å². The number of hydrazine groups is 1. The largest absolute Gasteiger partial charge is 0.490 e. The molecule has 98 valence electrons. The summed E-state index contributed by atoms with van der Waals surface area (Å²) in [6.45, 7) is 0. The molecular formula is C15H22N2O. The number of ether oxygens (including phenoxy) is 1. The third-order valence-corrected chi connectivity index (χ3v) is 4.10. The highest BCUT2D eigenvalue weighted by molar-refractivity contribution is 5.29. The highest BCUT2D eigenvalue weighted by Crippen LogP contribution is 2.35. The summed E-state index contributed by atoms with van der Waals surface area (Å²) in [5.74, 6) is 7.52. The normalized spacial score (nSPS) is 21.4. The van der Waals surface area contributed by atoms with Crippen LogP contribution in [0.3, 0.4) is 0 Å². The molecule has 18 heavy (non-hydrogen) atoms. The van der Waals surface area contributed by atoms with Gasteiger partial charge in [0.1, 0.15) is 5.75 Å². The predicted molar refractivity (Wildman–Crippen MR) is 72.1 cm³/mol. The Kier molecular flexibility index (Phi) is 3.52. The fourth-order valence-corrected chi connectivity index (χ4v) is 2.52. The van der Waals surface area contributed by atoms with Crippen molar-refractivity contribution in [3.8, 4) is 5.75 Å². The summed E-state index contributed by atoms with van der Waals surface area (Å²) < 4.78 is 5.76. The van der Waals surface area contributed by atoms with Gasteiger partial charge in [-0.25, -0.2) is 0 Å². The van der Waals surface area contributed by atoms with Gasteiger partial charge in [0.05, 0.1) is 6.10 Å². The van der Waals surface area contributed by atoms with Crippen LogP contribution in [0.25, 0.3) is 0 Å². The molecule has 2 saturated carbocycles. The molecule has 3 rings (SSSR count). The zero-order chi connectivity index (χ0) is 12.4. The number of rotatable bonds is 6. The molecule has 0 saturated heterocycles. The van der Waals surface area contributed by atoms with Crippen molar-refractivity contribution in [3.63, 3.8) is 0 Å². The molecule has 3 heteroatoms. The van der Waals surface area contributed by atoms with E-state index in [0.29, 0.717) is 6.10 Å². The summed E-state index contributed by atoms with van der Waals surface area (Å²) in [6, 6.07) is 8.70. The number of nitrogens with two attached hydrogens (primary N) is 1. The number of nitrogens with one attached hydrogen (secondary N) is 1. The van der Waals surface area contributed by atoms with Crippen molar-refractivity contribution in [2.24, 2.45) is 11.8 Å². The molecule has 0 amide bonds. The minimum Gasteiger partial charge on any atom is -0.490 e. The van der Waals surface area contributed by atoms with E-state index in [1.807, 2.05) is 0 Å². The molecule has 0 aromatic heterocycles. The van der Waals surface area contributed by atoms with Crippen LogP contribution in [0.2, 0.25) is 0 Å². The topological polar surface area (TPSA) is 47.3 Å². The Labute approximate surface area is 109 Å². The fraction of sp³-hybridized carbons (Fsp3) is 0.600. The molecule has 2 fully saturated rings. The first-order chi connectivity index (χ1) is 8.85. The fourth-order valence-electron chi connectivity index (χ4n) is 2.52. The SMILES string of the molecule is NNC(CC1CCC1)c1ccc(OC2CC2)cc1. The molecule has 1 atom stereocenters. The average Bonchev–Trinajstić information content (AvgIpc) is 3.14. The summed E-state index contributed by atoms with van der Waals surface area (Å²) in [5, 5.41) is 0. The summed E-state index contributed by atoms with van der Waals surface area (Å²) in [6.07, 6.45) is 8.14. The molecule has 3 N–H and O–H groups in total. The van der Waals surface area contributed by atoms with Crippen LogP contribution in [-0.2, 0) is 0 Å². The Bertz CT molecular complexity index is 382. The predicted octanol–water partition coefficient (Wildman–Crippen LogP) is 2.92. The molecule has 0 spiro atoms. The van der Waals surface area contributed by atoms with Gasteiger partial charge in [-0.15, -0.1) is 0 Å². The van der Waals surface area contributed by atoms with Crippen LogP contribution < -0.4 is 16.0 Å². The van der Waals surface area contributed by atoms with Gasteiger partial charge in [0, 0.05) is 6.04 Å². The number of benzene rings is 1. The molecule has 0 aliphatic heterocycles. The van der Waals surface area contributed by atoms with Gasteiger partial charge in [-0.1, -0.05) is 31.4 Å². The quantitative estimate of drug-likeness (QED) is 0.599. The number of hydrogen-bond donors (Lipinski definition) is 2. The van der Waals surface area contributed by atoms with Gasteiger partial charge >= 0.3 is 0 Å². The monoisotopic (exact) mass is 246 g/mol. The first kappa shape index (κ1) is 12.0. The minimum atomic E-state index is 0.283. The van der Waals surface area contributed by atoms with Crippen LogP contribution >= 0.6 is 0 Å². The van der Waals surface area contributed by atoms with E-state index in [0.717, 1.165) is 18.1 Å². The van der Waals surface area contributed by atoms with Crippen LogP contribution in [0.5, 0.6) is 5.75 Å². The Balaban J connectivity index is 1.61. The van der Waals surface area contributed by atoms with Crippen LogP contribution in [0.4, 0.5) is 0 Å². The summed E-state index contributed by atoms with van der Waals surface area (Å²) >= 11 is 0. The van der Waals surface area contributed by atoms with Crippen molar-refractivity contribution >= 4 is 0 Å². The van der Waals surface area contributed by atoms with Crippen molar-refractivity contribution < 1.29 is 4.74 Å². The Morgan fingerprint density at radius 2 is 1.89 bits per heavy atom. The second-order valence-electron chi connectivity index (χ2n) is 5.64. The standard InChI is InChI=1S/C15H22N2O/c16-17-15(10-11-2-1-3-11)12-4-6-13(7-5-12)18-14-8-9-14/h4-7,11,14-15,17H,1-3,8-10,16H2. The van der Waals surface area contributed by atoms with Gasteiger partial charge in [-0.3, -0.25) is 11.3 Å². The van der Waals surface area contributed by atoms with Gasteiger partial charge in [0.15, 0.2) is 0 Å². The third-order valence-electron chi connectivity index (χ3n) is 4.10. The molecule has 0 bridgehead atoms. The van der Waals surface area contributed by atoms with Crippen LogP contribution in [0.15, 0.2) is 24.3 Å². The van der Waals surface area contributed by atoms with E-state index in [1.54, 1.807) is 0 Å². The maximum Gasteiger partial charge on any atom is 0.119 e. The van der Waals surface area contributed by atoms with E-state index >= 15 is 0 Å².